The zero-order valence-corrected chi connectivity index (χ0v) is 14.0. The molecule has 0 aliphatic carbocycles. The summed E-state index contributed by atoms with van der Waals surface area (Å²) >= 11 is 1.93. The molecule has 0 aromatic rings. The summed E-state index contributed by atoms with van der Waals surface area (Å²) in [5, 5.41) is 5.31. The minimum Gasteiger partial charge on any atom is -0.379 e. The Morgan fingerprint density at radius 2 is 2.10 bits per heavy atom. The molecule has 2 aliphatic rings. The van der Waals surface area contributed by atoms with Crippen molar-refractivity contribution in [3.05, 3.63) is 0 Å². The molecule has 1 fully saturated rings. The fraction of sp³-hybridized carbons (Fsp3) is 0.933. The molecule has 5 heteroatoms. The first-order valence-electron chi connectivity index (χ1n) is 7.78. The molecule has 0 spiro atoms. The molecule has 2 heterocycles. The van der Waals surface area contributed by atoms with E-state index >= 15 is 0 Å². The first-order chi connectivity index (χ1) is 9.53. The predicted molar refractivity (Wildman–Crippen MR) is 87.6 cm³/mol. The minimum atomic E-state index is 0.402. The third-order valence-electron chi connectivity index (χ3n) is 3.59. The Hall–Kier alpha value is -0.260. The lowest BCUT2D eigenvalue weighted by Crippen LogP contribution is -2.38. The van der Waals surface area contributed by atoms with Gasteiger partial charge in [-0.1, -0.05) is 32.5 Å². The maximum Gasteiger partial charge on any atom is 0.156 e. The van der Waals surface area contributed by atoms with E-state index in [1.165, 1.54) is 19.4 Å². The SMILES string of the molecule is CC(C)(C)CC1CN=C(NCCCN2CCOCC2)S1. The smallest absolute Gasteiger partial charge is 0.156 e. The van der Waals surface area contributed by atoms with Crippen molar-refractivity contribution in [1.29, 1.82) is 0 Å². The summed E-state index contributed by atoms with van der Waals surface area (Å²) in [6.45, 7) is 14.1. The van der Waals surface area contributed by atoms with E-state index in [1.54, 1.807) is 0 Å². The highest BCUT2D eigenvalue weighted by Gasteiger charge is 2.24. The molecule has 0 radical (unpaired) electrons. The molecule has 0 saturated carbocycles. The highest BCUT2D eigenvalue weighted by atomic mass is 32.2. The van der Waals surface area contributed by atoms with Crippen LogP contribution < -0.4 is 5.32 Å². The Balaban J connectivity index is 1.54. The van der Waals surface area contributed by atoms with Crippen LogP contribution in [0.25, 0.3) is 0 Å². The topological polar surface area (TPSA) is 36.9 Å². The van der Waals surface area contributed by atoms with Gasteiger partial charge in [-0.05, 0) is 24.8 Å². The van der Waals surface area contributed by atoms with E-state index in [0.29, 0.717) is 10.7 Å². The molecule has 1 atom stereocenters. The molecule has 0 aromatic carbocycles. The van der Waals surface area contributed by atoms with Gasteiger partial charge < -0.3 is 10.1 Å². The number of aliphatic imine (C=N–C) groups is 1. The second-order valence-corrected chi connectivity index (χ2v) is 8.17. The maximum absolute atomic E-state index is 5.36. The maximum atomic E-state index is 5.36. The van der Waals surface area contributed by atoms with Crippen LogP contribution in [0.4, 0.5) is 0 Å². The number of hydrogen-bond acceptors (Lipinski definition) is 5. The molecular formula is C15H29N3OS. The Morgan fingerprint density at radius 1 is 1.35 bits per heavy atom. The van der Waals surface area contributed by atoms with E-state index in [9.17, 15) is 0 Å². The molecule has 0 amide bonds. The van der Waals surface area contributed by atoms with Crippen molar-refractivity contribution in [2.75, 3.05) is 45.9 Å². The van der Waals surface area contributed by atoms with Crippen LogP contribution in [0.15, 0.2) is 4.99 Å². The van der Waals surface area contributed by atoms with Gasteiger partial charge in [-0.15, -0.1) is 0 Å². The third kappa shape index (κ3) is 6.02. The van der Waals surface area contributed by atoms with Crippen LogP contribution in [0.3, 0.4) is 0 Å². The van der Waals surface area contributed by atoms with Crippen molar-refractivity contribution in [2.24, 2.45) is 10.4 Å². The Labute approximate surface area is 127 Å². The van der Waals surface area contributed by atoms with Crippen LogP contribution in [-0.4, -0.2) is 61.3 Å². The van der Waals surface area contributed by atoms with Crippen molar-refractivity contribution in [1.82, 2.24) is 10.2 Å². The fourth-order valence-corrected chi connectivity index (χ4v) is 4.01. The molecule has 0 bridgehead atoms. The van der Waals surface area contributed by atoms with E-state index < -0.39 is 0 Å². The van der Waals surface area contributed by atoms with Crippen molar-refractivity contribution in [3.8, 4) is 0 Å². The summed E-state index contributed by atoms with van der Waals surface area (Å²) in [7, 11) is 0. The van der Waals surface area contributed by atoms with Crippen LogP contribution in [0, 0.1) is 5.41 Å². The van der Waals surface area contributed by atoms with Gasteiger partial charge in [0.1, 0.15) is 0 Å². The average molecular weight is 299 g/mol. The lowest BCUT2D eigenvalue weighted by Gasteiger charge is -2.26. The quantitative estimate of drug-likeness (QED) is 0.790. The van der Waals surface area contributed by atoms with Crippen molar-refractivity contribution >= 4 is 16.9 Å². The molecular weight excluding hydrogens is 270 g/mol. The van der Waals surface area contributed by atoms with Gasteiger partial charge in [-0.2, -0.15) is 0 Å². The van der Waals surface area contributed by atoms with Gasteiger partial charge in [0.2, 0.25) is 0 Å². The van der Waals surface area contributed by atoms with Gasteiger partial charge in [-0.25, -0.2) is 0 Å². The zero-order chi connectivity index (χ0) is 14.4. The van der Waals surface area contributed by atoms with Gasteiger partial charge in [0.25, 0.3) is 0 Å². The lowest BCUT2D eigenvalue weighted by molar-refractivity contribution is 0.0376. The average Bonchev–Trinajstić information content (AvgIpc) is 2.81. The van der Waals surface area contributed by atoms with E-state index in [-0.39, 0.29) is 0 Å². The first kappa shape index (κ1) is 16.1. The Morgan fingerprint density at radius 3 is 2.80 bits per heavy atom. The van der Waals surface area contributed by atoms with Crippen molar-refractivity contribution in [2.45, 2.75) is 38.9 Å². The highest BCUT2D eigenvalue weighted by Crippen LogP contribution is 2.31. The molecule has 1 unspecified atom stereocenters. The number of amidine groups is 1. The first-order valence-corrected chi connectivity index (χ1v) is 8.66. The minimum absolute atomic E-state index is 0.402. The predicted octanol–water partition coefficient (Wildman–Crippen LogP) is 2.21. The van der Waals surface area contributed by atoms with Crippen LogP contribution in [0.1, 0.15) is 33.6 Å². The second kappa shape index (κ2) is 7.66. The standard InChI is InChI=1S/C15H29N3OS/c1-15(2,3)11-13-12-17-14(20-13)16-5-4-6-18-7-9-19-10-8-18/h13H,4-12H2,1-3H3,(H,16,17). The summed E-state index contributed by atoms with van der Waals surface area (Å²) in [4.78, 5) is 7.10. The molecule has 0 aromatic heterocycles. The van der Waals surface area contributed by atoms with Crippen LogP contribution >= 0.6 is 11.8 Å². The monoisotopic (exact) mass is 299 g/mol. The van der Waals surface area contributed by atoms with Crippen LogP contribution in [0.2, 0.25) is 0 Å². The summed E-state index contributed by atoms with van der Waals surface area (Å²) in [5.74, 6) is 0. The second-order valence-electron chi connectivity index (χ2n) is 6.88. The molecule has 20 heavy (non-hydrogen) atoms. The number of nitrogens with one attached hydrogen (secondary N) is 1. The fourth-order valence-electron chi connectivity index (χ4n) is 2.63. The van der Waals surface area contributed by atoms with Crippen molar-refractivity contribution < 1.29 is 4.74 Å². The van der Waals surface area contributed by atoms with Crippen molar-refractivity contribution in [3.63, 3.8) is 0 Å². The number of nitrogens with zero attached hydrogens (tertiary/aromatic N) is 2. The van der Waals surface area contributed by atoms with Gasteiger partial charge in [0.05, 0.1) is 19.8 Å². The van der Waals surface area contributed by atoms with E-state index in [4.69, 9.17) is 4.74 Å². The summed E-state index contributed by atoms with van der Waals surface area (Å²) in [5.41, 5.74) is 0.402. The molecule has 1 N–H and O–H groups in total. The summed E-state index contributed by atoms with van der Waals surface area (Å²) in [6, 6.07) is 0. The van der Waals surface area contributed by atoms with E-state index in [0.717, 1.165) is 44.6 Å². The van der Waals surface area contributed by atoms with Gasteiger partial charge in [0.15, 0.2) is 5.17 Å². The third-order valence-corrected chi connectivity index (χ3v) is 4.73. The zero-order valence-electron chi connectivity index (χ0n) is 13.2. The van der Waals surface area contributed by atoms with Gasteiger partial charge in [-0.3, -0.25) is 9.89 Å². The Bertz CT molecular complexity index is 322. The van der Waals surface area contributed by atoms with Gasteiger partial charge >= 0.3 is 0 Å². The Kier molecular flexibility index (Phi) is 6.18. The molecule has 2 aliphatic heterocycles. The van der Waals surface area contributed by atoms with E-state index in [1.807, 2.05) is 11.8 Å². The normalized spacial score (nSPS) is 24.8. The molecule has 2 rings (SSSR count). The van der Waals surface area contributed by atoms with Crippen LogP contribution in [0.5, 0.6) is 0 Å². The summed E-state index contributed by atoms with van der Waals surface area (Å²) < 4.78 is 5.36. The number of thioether (sulfide) groups is 1. The molecule has 1 saturated heterocycles. The number of morpholine rings is 1. The number of rotatable bonds is 5. The highest BCUT2D eigenvalue weighted by molar-refractivity contribution is 8.14. The number of hydrogen-bond donors (Lipinski definition) is 1. The lowest BCUT2D eigenvalue weighted by atomic mass is 9.90. The van der Waals surface area contributed by atoms with Crippen LogP contribution in [-0.2, 0) is 4.74 Å². The molecule has 4 nitrogen and oxygen atoms in total. The largest absolute Gasteiger partial charge is 0.379 e. The van der Waals surface area contributed by atoms with E-state index in [2.05, 4.69) is 36.0 Å². The van der Waals surface area contributed by atoms with Gasteiger partial charge in [0, 0.05) is 24.9 Å². The number of ether oxygens (including phenoxy) is 1. The molecule has 116 valence electrons. The summed E-state index contributed by atoms with van der Waals surface area (Å²) in [6.07, 6.45) is 2.42.